The van der Waals surface area contributed by atoms with Crippen LogP contribution in [-0.2, 0) is 6.61 Å². The maximum Gasteiger partial charge on any atom is 0.175 e. The Morgan fingerprint density at radius 2 is 1.95 bits per heavy atom. The molecule has 0 radical (unpaired) electrons. The predicted octanol–water partition coefficient (Wildman–Crippen LogP) is 4.15. The minimum absolute atomic E-state index is 0.447. The molecular formula is C16H16BrNO3. The molecule has 4 nitrogen and oxygen atoms in total. The molecule has 110 valence electrons. The van der Waals surface area contributed by atoms with Crippen molar-refractivity contribution in [3.8, 4) is 11.5 Å². The Morgan fingerprint density at radius 3 is 2.57 bits per heavy atom. The van der Waals surface area contributed by atoms with Crippen LogP contribution in [0, 0.1) is 6.92 Å². The zero-order valence-corrected chi connectivity index (χ0v) is 13.4. The first-order valence-corrected chi connectivity index (χ1v) is 7.16. The molecule has 0 spiro atoms. The highest BCUT2D eigenvalue weighted by Crippen LogP contribution is 2.36. The van der Waals surface area contributed by atoms with Gasteiger partial charge in [-0.2, -0.15) is 0 Å². The average molecular weight is 350 g/mol. The standard InChI is InChI=1S/C16H16BrNO3/c1-11-3-5-12(6-4-11)10-21-16-14(17)7-13(9-18-19)8-15(16)20-2/h3-9,19H,10H2,1-2H3. The summed E-state index contributed by atoms with van der Waals surface area (Å²) in [6.07, 6.45) is 1.33. The highest BCUT2D eigenvalue weighted by Gasteiger charge is 2.11. The van der Waals surface area contributed by atoms with Gasteiger partial charge in [-0.1, -0.05) is 35.0 Å². The zero-order valence-electron chi connectivity index (χ0n) is 11.8. The van der Waals surface area contributed by atoms with Crippen LogP contribution in [0.1, 0.15) is 16.7 Å². The smallest absolute Gasteiger partial charge is 0.175 e. The molecule has 0 atom stereocenters. The van der Waals surface area contributed by atoms with Gasteiger partial charge in [0.15, 0.2) is 11.5 Å². The van der Waals surface area contributed by atoms with Crippen LogP contribution in [0.4, 0.5) is 0 Å². The lowest BCUT2D eigenvalue weighted by atomic mass is 10.2. The van der Waals surface area contributed by atoms with Gasteiger partial charge in [0.1, 0.15) is 6.61 Å². The first-order chi connectivity index (χ1) is 10.1. The van der Waals surface area contributed by atoms with Gasteiger partial charge in [0, 0.05) is 5.56 Å². The molecule has 0 bridgehead atoms. The number of methoxy groups -OCH3 is 1. The van der Waals surface area contributed by atoms with Crippen LogP contribution < -0.4 is 9.47 Å². The van der Waals surface area contributed by atoms with Crippen molar-refractivity contribution >= 4 is 22.1 Å². The molecule has 2 aromatic carbocycles. The highest BCUT2D eigenvalue weighted by atomic mass is 79.9. The summed E-state index contributed by atoms with van der Waals surface area (Å²) in [6.45, 7) is 2.49. The number of oxime groups is 1. The molecule has 0 heterocycles. The van der Waals surface area contributed by atoms with Gasteiger partial charge in [0.2, 0.25) is 0 Å². The van der Waals surface area contributed by atoms with E-state index in [4.69, 9.17) is 14.7 Å². The van der Waals surface area contributed by atoms with Crippen molar-refractivity contribution in [1.82, 2.24) is 0 Å². The van der Waals surface area contributed by atoms with Crippen LogP contribution >= 0.6 is 15.9 Å². The van der Waals surface area contributed by atoms with Crippen LogP contribution in [0.15, 0.2) is 46.0 Å². The van der Waals surface area contributed by atoms with Gasteiger partial charge in [-0.25, -0.2) is 0 Å². The predicted molar refractivity (Wildman–Crippen MR) is 85.6 cm³/mol. The van der Waals surface area contributed by atoms with Crippen LogP contribution in [0.3, 0.4) is 0 Å². The molecule has 2 aromatic rings. The second kappa shape index (κ2) is 7.13. The molecule has 0 saturated heterocycles. The van der Waals surface area contributed by atoms with Gasteiger partial charge < -0.3 is 14.7 Å². The quantitative estimate of drug-likeness (QED) is 0.501. The molecule has 0 fully saturated rings. The van der Waals surface area contributed by atoms with E-state index >= 15 is 0 Å². The fourth-order valence-electron chi connectivity index (χ4n) is 1.86. The van der Waals surface area contributed by atoms with Crippen LogP contribution in [0.5, 0.6) is 11.5 Å². The molecule has 0 saturated carbocycles. The Hall–Kier alpha value is -2.01. The molecule has 5 heteroatoms. The summed E-state index contributed by atoms with van der Waals surface area (Å²) >= 11 is 3.45. The molecule has 1 N–H and O–H groups in total. The number of ether oxygens (including phenoxy) is 2. The van der Waals surface area contributed by atoms with E-state index in [0.29, 0.717) is 23.7 Å². The van der Waals surface area contributed by atoms with E-state index in [1.54, 1.807) is 19.2 Å². The SMILES string of the molecule is COc1cc(C=NO)cc(Br)c1OCc1ccc(C)cc1. The van der Waals surface area contributed by atoms with E-state index in [2.05, 4.69) is 21.1 Å². The van der Waals surface area contributed by atoms with Crippen molar-refractivity contribution in [3.63, 3.8) is 0 Å². The fraction of sp³-hybridized carbons (Fsp3) is 0.188. The summed E-state index contributed by atoms with van der Waals surface area (Å²) in [6, 6.07) is 11.7. The average Bonchev–Trinajstić information content (AvgIpc) is 2.47. The van der Waals surface area contributed by atoms with Gasteiger partial charge in [0.05, 0.1) is 17.8 Å². The third kappa shape index (κ3) is 3.98. The van der Waals surface area contributed by atoms with Crippen LogP contribution in [0.2, 0.25) is 0 Å². The van der Waals surface area contributed by atoms with Crippen LogP contribution in [0.25, 0.3) is 0 Å². The molecule has 0 unspecified atom stereocenters. The van der Waals surface area contributed by atoms with Crippen molar-refractivity contribution in [2.45, 2.75) is 13.5 Å². The van der Waals surface area contributed by atoms with E-state index in [1.165, 1.54) is 11.8 Å². The zero-order chi connectivity index (χ0) is 15.2. The van der Waals surface area contributed by atoms with E-state index in [-0.39, 0.29) is 0 Å². The fourth-order valence-corrected chi connectivity index (χ4v) is 2.44. The highest BCUT2D eigenvalue weighted by molar-refractivity contribution is 9.10. The van der Waals surface area contributed by atoms with E-state index in [0.717, 1.165) is 10.0 Å². The third-order valence-corrected chi connectivity index (χ3v) is 3.55. The molecule has 0 aromatic heterocycles. The largest absolute Gasteiger partial charge is 0.493 e. The van der Waals surface area contributed by atoms with Crippen LogP contribution in [-0.4, -0.2) is 18.5 Å². The summed E-state index contributed by atoms with van der Waals surface area (Å²) in [5, 5.41) is 11.6. The van der Waals surface area contributed by atoms with E-state index in [9.17, 15) is 0 Å². The number of aryl methyl sites for hydroxylation is 1. The van der Waals surface area contributed by atoms with E-state index in [1.807, 2.05) is 31.2 Å². The molecule has 0 aliphatic carbocycles. The second-order valence-electron chi connectivity index (χ2n) is 4.55. The van der Waals surface area contributed by atoms with Crippen molar-refractivity contribution in [3.05, 3.63) is 57.6 Å². The monoisotopic (exact) mass is 349 g/mol. The minimum Gasteiger partial charge on any atom is -0.493 e. The molecule has 0 amide bonds. The summed E-state index contributed by atoms with van der Waals surface area (Å²) in [5.41, 5.74) is 3.00. The van der Waals surface area contributed by atoms with Crippen molar-refractivity contribution in [2.75, 3.05) is 7.11 Å². The summed E-state index contributed by atoms with van der Waals surface area (Å²) in [4.78, 5) is 0. The summed E-state index contributed by atoms with van der Waals surface area (Å²) in [5.74, 6) is 1.19. The normalized spacial score (nSPS) is 10.8. The lowest BCUT2D eigenvalue weighted by molar-refractivity contribution is 0.282. The van der Waals surface area contributed by atoms with Gasteiger partial charge in [-0.15, -0.1) is 0 Å². The number of benzene rings is 2. The van der Waals surface area contributed by atoms with Gasteiger partial charge >= 0.3 is 0 Å². The Bertz CT molecular complexity index is 639. The topological polar surface area (TPSA) is 51.0 Å². The Morgan fingerprint density at radius 1 is 1.24 bits per heavy atom. The first kappa shape index (κ1) is 15.4. The summed E-state index contributed by atoms with van der Waals surface area (Å²) in [7, 11) is 1.57. The van der Waals surface area contributed by atoms with Gasteiger partial charge in [-0.05, 0) is 40.5 Å². The van der Waals surface area contributed by atoms with Crippen molar-refractivity contribution < 1.29 is 14.7 Å². The maximum atomic E-state index is 8.60. The Kier molecular flexibility index (Phi) is 5.22. The number of rotatable bonds is 5. The molecule has 0 aliphatic heterocycles. The maximum absolute atomic E-state index is 8.60. The number of nitrogens with zero attached hydrogens (tertiary/aromatic N) is 1. The van der Waals surface area contributed by atoms with E-state index < -0.39 is 0 Å². The Balaban J connectivity index is 2.20. The van der Waals surface area contributed by atoms with Crippen molar-refractivity contribution in [1.29, 1.82) is 0 Å². The number of halogens is 1. The summed E-state index contributed by atoms with van der Waals surface area (Å²) < 4.78 is 11.9. The number of hydrogen-bond donors (Lipinski definition) is 1. The lowest BCUT2D eigenvalue weighted by Crippen LogP contribution is -1.99. The molecule has 0 aliphatic rings. The Labute approximate surface area is 132 Å². The molecular weight excluding hydrogens is 334 g/mol. The minimum atomic E-state index is 0.447. The van der Waals surface area contributed by atoms with Gasteiger partial charge in [0.25, 0.3) is 0 Å². The number of hydrogen-bond acceptors (Lipinski definition) is 4. The lowest BCUT2D eigenvalue weighted by Gasteiger charge is -2.13. The molecule has 21 heavy (non-hydrogen) atoms. The second-order valence-corrected chi connectivity index (χ2v) is 5.41. The molecule has 2 rings (SSSR count). The van der Waals surface area contributed by atoms with Crippen molar-refractivity contribution in [2.24, 2.45) is 5.16 Å². The third-order valence-electron chi connectivity index (χ3n) is 2.96. The first-order valence-electron chi connectivity index (χ1n) is 6.37. The van der Waals surface area contributed by atoms with Gasteiger partial charge in [-0.3, -0.25) is 0 Å².